The van der Waals surface area contributed by atoms with Gasteiger partial charge in [-0.25, -0.2) is 0 Å². The van der Waals surface area contributed by atoms with E-state index in [1.165, 1.54) is 0 Å². The van der Waals surface area contributed by atoms with Crippen LogP contribution in [-0.2, 0) is 0 Å². The number of methoxy groups -OCH3 is 2. The van der Waals surface area contributed by atoms with Crippen molar-refractivity contribution < 1.29 is 14.2 Å². The monoisotopic (exact) mass is 239 g/mol. The Morgan fingerprint density at radius 3 is 2.29 bits per heavy atom. The van der Waals surface area contributed by atoms with Gasteiger partial charge in [-0.2, -0.15) is 0 Å². The van der Waals surface area contributed by atoms with E-state index >= 15 is 0 Å². The summed E-state index contributed by atoms with van der Waals surface area (Å²) < 4.78 is 16.5. The Hall–Kier alpha value is -1.42. The van der Waals surface area contributed by atoms with Gasteiger partial charge in [0.05, 0.1) is 14.2 Å². The first-order chi connectivity index (χ1) is 8.04. The minimum absolute atomic E-state index is 0.325. The number of hydrogen-bond acceptors (Lipinski definition) is 4. The molecule has 1 aromatic carbocycles. The first kappa shape index (κ1) is 13.6. The van der Waals surface area contributed by atoms with E-state index < -0.39 is 0 Å². The first-order valence-corrected chi connectivity index (χ1v) is 5.64. The van der Waals surface area contributed by atoms with Crippen molar-refractivity contribution in [2.75, 3.05) is 20.8 Å². The molecule has 17 heavy (non-hydrogen) atoms. The lowest BCUT2D eigenvalue weighted by Crippen LogP contribution is -2.31. The van der Waals surface area contributed by atoms with E-state index in [2.05, 4.69) is 0 Å². The van der Waals surface area contributed by atoms with Crippen LogP contribution in [0.25, 0.3) is 0 Å². The molecule has 0 fully saturated rings. The smallest absolute Gasteiger partial charge is 0.203 e. The zero-order chi connectivity index (χ0) is 12.9. The minimum atomic E-state index is -0.325. The molecule has 0 bridgehead atoms. The zero-order valence-corrected chi connectivity index (χ0v) is 10.9. The van der Waals surface area contributed by atoms with Crippen molar-refractivity contribution in [2.24, 2.45) is 5.73 Å². The molecular formula is C13H21NO3. The third kappa shape index (κ3) is 3.53. The SMILES string of the molecule is COc1cccc(OC(C)(C)CCN)c1OC. The van der Waals surface area contributed by atoms with Crippen LogP contribution in [0.4, 0.5) is 0 Å². The maximum Gasteiger partial charge on any atom is 0.203 e. The molecule has 2 N–H and O–H groups in total. The third-order valence-corrected chi connectivity index (χ3v) is 2.50. The van der Waals surface area contributed by atoms with E-state index in [-0.39, 0.29) is 5.60 Å². The Morgan fingerprint density at radius 1 is 1.12 bits per heavy atom. The highest BCUT2D eigenvalue weighted by atomic mass is 16.5. The Bertz CT molecular complexity index is 364. The summed E-state index contributed by atoms with van der Waals surface area (Å²) in [6.45, 7) is 4.58. The summed E-state index contributed by atoms with van der Waals surface area (Å²) in [5.41, 5.74) is 5.23. The second kappa shape index (κ2) is 5.77. The second-order valence-electron chi connectivity index (χ2n) is 4.39. The van der Waals surface area contributed by atoms with Gasteiger partial charge in [-0.1, -0.05) is 6.07 Å². The van der Waals surface area contributed by atoms with Crippen LogP contribution in [0.1, 0.15) is 20.3 Å². The molecule has 1 aromatic rings. The van der Waals surface area contributed by atoms with E-state index in [1.807, 2.05) is 32.0 Å². The van der Waals surface area contributed by atoms with Crippen molar-refractivity contribution in [1.82, 2.24) is 0 Å². The predicted molar refractivity (Wildman–Crippen MR) is 67.9 cm³/mol. The van der Waals surface area contributed by atoms with Crippen molar-refractivity contribution in [2.45, 2.75) is 25.9 Å². The van der Waals surface area contributed by atoms with Crippen LogP contribution < -0.4 is 19.9 Å². The minimum Gasteiger partial charge on any atom is -0.493 e. The van der Waals surface area contributed by atoms with E-state index in [0.29, 0.717) is 23.8 Å². The fraction of sp³-hybridized carbons (Fsp3) is 0.538. The molecular weight excluding hydrogens is 218 g/mol. The maximum atomic E-state index is 5.92. The highest BCUT2D eigenvalue weighted by Crippen LogP contribution is 2.38. The topological polar surface area (TPSA) is 53.7 Å². The van der Waals surface area contributed by atoms with E-state index in [0.717, 1.165) is 6.42 Å². The Kier molecular flexibility index (Phi) is 4.63. The highest BCUT2D eigenvalue weighted by Gasteiger charge is 2.22. The summed E-state index contributed by atoms with van der Waals surface area (Å²) in [5, 5.41) is 0. The van der Waals surface area contributed by atoms with Gasteiger partial charge in [-0.05, 0) is 38.9 Å². The number of ether oxygens (including phenoxy) is 3. The van der Waals surface area contributed by atoms with Crippen LogP contribution in [0, 0.1) is 0 Å². The van der Waals surface area contributed by atoms with Crippen LogP contribution in [0.15, 0.2) is 18.2 Å². The van der Waals surface area contributed by atoms with Crippen molar-refractivity contribution >= 4 is 0 Å². The third-order valence-electron chi connectivity index (χ3n) is 2.50. The number of nitrogens with two attached hydrogens (primary N) is 1. The van der Waals surface area contributed by atoms with Crippen LogP contribution in [-0.4, -0.2) is 26.4 Å². The Morgan fingerprint density at radius 2 is 1.76 bits per heavy atom. The quantitative estimate of drug-likeness (QED) is 0.827. The summed E-state index contributed by atoms with van der Waals surface area (Å²) in [5.74, 6) is 1.94. The van der Waals surface area contributed by atoms with Gasteiger partial charge in [-0.15, -0.1) is 0 Å². The molecule has 0 unspecified atom stereocenters. The number of hydrogen-bond donors (Lipinski definition) is 1. The molecule has 0 spiro atoms. The van der Waals surface area contributed by atoms with Crippen LogP contribution >= 0.6 is 0 Å². The van der Waals surface area contributed by atoms with Crippen LogP contribution in [0.2, 0.25) is 0 Å². The lowest BCUT2D eigenvalue weighted by atomic mass is 10.1. The van der Waals surface area contributed by atoms with Gasteiger partial charge in [0, 0.05) is 0 Å². The number of benzene rings is 1. The summed E-state index contributed by atoms with van der Waals surface area (Å²) in [7, 11) is 3.20. The molecule has 0 radical (unpaired) electrons. The van der Waals surface area contributed by atoms with Crippen molar-refractivity contribution in [3.8, 4) is 17.2 Å². The molecule has 0 heterocycles. The molecule has 0 aliphatic carbocycles. The van der Waals surface area contributed by atoms with Gasteiger partial charge in [0.25, 0.3) is 0 Å². The molecule has 4 nitrogen and oxygen atoms in total. The Labute approximate surface area is 103 Å². The summed E-state index contributed by atoms with van der Waals surface area (Å²) in [4.78, 5) is 0. The van der Waals surface area contributed by atoms with Gasteiger partial charge in [0.2, 0.25) is 5.75 Å². The maximum absolute atomic E-state index is 5.92. The lowest BCUT2D eigenvalue weighted by molar-refractivity contribution is 0.0972. The first-order valence-electron chi connectivity index (χ1n) is 5.64. The number of para-hydroxylation sites is 1. The van der Waals surface area contributed by atoms with E-state index in [9.17, 15) is 0 Å². The molecule has 0 saturated heterocycles. The molecule has 0 saturated carbocycles. The van der Waals surface area contributed by atoms with Gasteiger partial charge in [-0.3, -0.25) is 0 Å². The van der Waals surface area contributed by atoms with Gasteiger partial charge in [0.15, 0.2) is 11.5 Å². The lowest BCUT2D eigenvalue weighted by Gasteiger charge is -2.27. The molecule has 96 valence electrons. The normalized spacial score (nSPS) is 11.1. The second-order valence-corrected chi connectivity index (χ2v) is 4.39. The predicted octanol–water partition coefficient (Wildman–Crippen LogP) is 2.21. The molecule has 0 aliphatic heterocycles. The van der Waals surface area contributed by atoms with Crippen molar-refractivity contribution in [1.29, 1.82) is 0 Å². The van der Waals surface area contributed by atoms with Gasteiger partial charge < -0.3 is 19.9 Å². The highest BCUT2D eigenvalue weighted by molar-refractivity contribution is 5.51. The number of rotatable bonds is 6. The fourth-order valence-corrected chi connectivity index (χ4v) is 1.63. The zero-order valence-electron chi connectivity index (χ0n) is 10.9. The van der Waals surface area contributed by atoms with Gasteiger partial charge in [0.1, 0.15) is 5.60 Å². The summed E-state index contributed by atoms with van der Waals surface area (Å²) >= 11 is 0. The molecule has 0 aliphatic rings. The molecule has 0 aromatic heterocycles. The standard InChI is InChI=1S/C13H21NO3/c1-13(2,8-9-14)17-11-7-5-6-10(15-3)12(11)16-4/h5-7H,8-9,14H2,1-4H3. The summed E-state index contributed by atoms with van der Waals surface area (Å²) in [6, 6.07) is 5.57. The average Bonchev–Trinajstić information content (AvgIpc) is 2.27. The van der Waals surface area contributed by atoms with Crippen molar-refractivity contribution in [3.63, 3.8) is 0 Å². The van der Waals surface area contributed by atoms with Crippen molar-refractivity contribution in [3.05, 3.63) is 18.2 Å². The largest absolute Gasteiger partial charge is 0.493 e. The summed E-state index contributed by atoms with van der Waals surface area (Å²) in [6.07, 6.45) is 0.771. The van der Waals surface area contributed by atoms with E-state index in [4.69, 9.17) is 19.9 Å². The molecule has 0 amide bonds. The molecule has 1 rings (SSSR count). The molecule has 4 heteroatoms. The van der Waals surface area contributed by atoms with E-state index in [1.54, 1.807) is 14.2 Å². The van der Waals surface area contributed by atoms with Crippen LogP contribution in [0.5, 0.6) is 17.2 Å². The average molecular weight is 239 g/mol. The molecule has 0 atom stereocenters. The van der Waals surface area contributed by atoms with Crippen LogP contribution in [0.3, 0.4) is 0 Å². The van der Waals surface area contributed by atoms with Gasteiger partial charge >= 0.3 is 0 Å². The fourth-order valence-electron chi connectivity index (χ4n) is 1.63. The Balaban J connectivity index is 2.98.